The molecular weight excluding hydrogens is 188 g/mol. The van der Waals surface area contributed by atoms with E-state index in [1.54, 1.807) is 6.42 Å². The predicted octanol–water partition coefficient (Wildman–Crippen LogP) is 0.909. The maximum Gasteiger partial charge on any atom is 0.0879 e. The third-order valence-corrected chi connectivity index (χ3v) is 7.38. The summed E-state index contributed by atoms with van der Waals surface area (Å²) in [6.07, 6.45) is 4.53. The molecule has 0 N–H and O–H groups in total. The molecule has 12 atom stereocenters. The van der Waals surface area contributed by atoms with E-state index in [-0.39, 0.29) is 0 Å². The van der Waals surface area contributed by atoms with E-state index >= 15 is 0 Å². The topological polar surface area (TPSA) is 25.1 Å². The van der Waals surface area contributed by atoms with Gasteiger partial charge in [0, 0.05) is 0 Å². The van der Waals surface area contributed by atoms with Crippen molar-refractivity contribution in [1.29, 1.82) is 0 Å². The molecule has 0 amide bonds. The molecule has 0 aromatic rings. The van der Waals surface area contributed by atoms with Gasteiger partial charge >= 0.3 is 0 Å². The van der Waals surface area contributed by atoms with Gasteiger partial charge in [0.2, 0.25) is 0 Å². The van der Waals surface area contributed by atoms with Gasteiger partial charge in [-0.05, 0) is 53.8 Å². The van der Waals surface area contributed by atoms with Crippen LogP contribution in [0.1, 0.15) is 6.42 Å². The van der Waals surface area contributed by atoms with E-state index in [1.165, 1.54) is 0 Å². The Morgan fingerprint density at radius 3 is 1.53 bits per heavy atom. The van der Waals surface area contributed by atoms with Gasteiger partial charge in [-0.25, -0.2) is 0 Å². The Hall–Kier alpha value is -0.0800. The van der Waals surface area contributed by atoms with Gasteiger partial charge in [-0.15, -0.1) is 0 Å². The number of epoxide rings is 2. The van der Waals surface area contributed by atoms with Crippen LogP contribution in [0, 0.1) is 47.3 Å². The summed E-state index contributed by atoms with van der Waals surface area (Å²) in [5.41, 5.74) is 0. The summed E-state index contributed by atoms with van der Waals surface area (Å²) in [6.45, 7) is 0. The minimum Gasteiger partial charge on any atom is -0.369 e. The first-order valence-electron chi connectivity index (χ1n) is 6.76. The highest BCUT2D eigenvalue weighted by molar-refractivity contribution is 5.33. The van der Waals surface area contributed by atoms with Crippen molar-refractivity contribution in [2.45, 2.75) is 30.8 Å². The highest BCUT2D eigenvalue weighted by Gasteiger charge is 2.86. The second kappa shape index (κ2) is 1.53. The fraction of sp³-hybridized carbons (Fsp3) is 1.00. The predicted molar refractivity (Wildman–Crippen MR) is 49.9 cm³/mol. The summed E-state index contributed by atoms with van der Waals surface area (Å²) < 4.78 is 11.5. The quantitative estimate of drug-likeness (QED) is 0.545. The molecule has 2 saturated heterocycles. The molecule has 7 fully saturated rings. The van der Waals surface area contributed by atoms with Crippen LogP contribution in [0.3, 0.4) is 0 Å². The van der Waals surface area contributed by atoms with Crippen molar-refractivity contribution in [2.75, 3.05) is 0 Å². The standard InChI is InChI=1S/C13H14O2/c1-2-4(8-6(2)10-12(8)14-10)5-3(1)7-9(5)13-11(7)15-13/h2-13H,1H2. The third kappa shape index (κ3) is 0.429. The number of rotatable bonds is 0. The van der Waals surface area contributed by atoms with Crippen LogP contribution >= 0.6 is 0 Å². The molecule has 0 radical (unpaired) electrons. The van der Waals surface area contributed by atoms with Crippen LogP contribution < -0.4 is 0 Å². The normalized spacial score (nSPS) is 91.2. The smallest absolute Gasteiger partial charge is 0.0879 e. The van der Waals surface area contributed by atoms with E-state index in [2.05, 4.69) is 0 Å². The molecule has 78 valence electrons. The Kier molecular flexibility index (Phi) is 0.676. The Morgan fingerprint density at radius 2 is 1.00 bits per heavy atom. The molecule has 2 heteroatoms. The molecule has 5 saturated carbocycles. The largest absolute Gasteiger partial charge is 0.369 e. The molecule has 7 rings (SSSR count). The van der Waals surface area contributed by atoms with Crippen LogP contribution in [0.5, 0.6) is 0 Å². The molecule has 0 spiro atoms. The van der Waals surface area contributed by atoms with Crippen LogP contribution in [0.4, 0.5) is 0 Å². The lowest BCUT2D eigenvalue weighted by atomic mass is 9.41. The van der Waals surface area contributed by atoms with Gasteiger partial charge in [0.15, 0.2) is 0 Å². The second-order valence-electron chi connectivity index (χ2n) is 7.16. The highest BCUT2D eigenvalue weighted by atomic mass is 16.6. The van der Waals surface area contributed by atoms with Crippen LogP contribution in [0.15, 0.2) is 0 Å². The van der Waals surface area contributed by atoms with Crippen LogP contribution in [-0.4, -0.2) is 24.4 Å². The molecule has 0 aromatic heterocycles. The fourth-order valence-electron chi connectivity index (χ4n) is 6.93. The minimum absolute atomic E-state index is 0.741. The van der Waals surface area contributed by atoms with E-state index in [1.807, 2.05) is 0 Å². The van der Waals surface area contributed by atoms with Gasteiger partial charge in [0.05, 0.1) is 24.4 Å². The molecule has 15 heavy (non-hydrogen) atoms. The van der Waals surface area contributed by atoms with Crippen LogP contribution in [0.25, 0.3) is 0 Å². The summed E-state index contributed by atoms with van der Waals surface area (Å²) in [6, 6.07) is 0. The lowest BCUT2D eigenvalue weighted by Crippen LogP contribution is -2.64. The van der Waals surface area contributed by atoms with Crippen molar-refractivity contribution in [2.24, 2.45) is 47.3 Å². The fourth-order valence-corrected chi connectivity index (χ4v) is 6.93. The highest BCUT2D eigenvalue weighted by Crippen LogP contribution is 2.83. The molecule has 7 aliphatic rings. The number of hydrogen-bond donors (Lipinski definition) is 0. The van der Waals surface area contributed by atoms with Crippen molar-refractivity contribution in [1.82, 2.24) is 0 Å². The average Bonchev–Trinajstić information content (AvgIpc) is 2.97. The van der Waals surface area contributed by atoms with E-state index in [4.69, 9.17) is 9.47 Å². The Morgan fingerprint density at radius 1 is 0.533 bits per heavy atom. The van der Waals surface area contributed by atoms with E-state index in [0.717, 1.165) is 71.8 Å². The molecule has 5 aliphatic carbocycles. The van der Waals surface area contributed by atoms with Gasteiger partial charge in [0.25, 0.3) is 0 Å². The van der Waals surface area contributed by atoms with Gasteiger partial charge in [-0.2, -0.15) is 0 Å². The van der Waals surface area contributed by atoms with Crippen LogP contribution in [0.2, 0.25) is 0 Å². The summed E-state index contributed by atoms with van der Waals surface area (Å²) in [7, 11) is 0. The average molecular weight is 202 g/mol. The first-order chi connectivity index (χ1) is 7.45. The lowest BCUT2D eigenvalue weighted by molar-refractivity contribution is -0.130. The van der Waals surface area contributed by atoms with E-state index in [9.17, 15) is 0 Å². The molecule has 0 aromatic carbocycles. The number of fused-ring (bicyclic) bond motifs is 15. The lowest BCUT2D eigenvalue weighted by Gasteiger charge is -2.61. The summed E-state index contributed by atoms with van der Waals surface area (Å²) in [5, 5.41) is 0. The maximum absolute atomic E-state index is 5.74. The third-order valence-electron chi connectivity index (χ3n) is 7.38. The summed E-state index contributed by atoms with van der Waals surface area (Å²) in [5.74, 6) is 8.48. The van der Waals surface area contributed by atoms with Gasteiger partial charge in [-0.1, -0.05) is 0 Å². The van der Waals surface area contributed by atoms with E-state index < -0.39 is 0 Å². The number of hydrogen-bond acceptors (Lipinski definition) is 2. The first-order valence-corrected chi connectivity index (χ1v) is 6.76. The van der Waals surface area contributed by atoms with Crippen LogP contribution in [-0.2, 0) is 9.47 Å². The first kappa shape index (κ1) is 6.61. The van der Waals surface area contributed by atoms with E-state index in [0.29, 0.717) is 0 Å². The SMILES string of the molecule is C1C2C3C4OC4C3C2C2C1C1C3OC3C12. The minimum atomic E-state index is 0.741. The molecule has 12 unspecified atom stereocenters. The van der Waals surface area contributed by atoms with Gasteiger partial charge < -0.3 is 9.47 Å². The zero-order valence-electron chi connectivity index (χ0n) is 8.45. The van der Waals surface area contributed by atoms with Crippen molar-refractivity contribution < 1.29 is 9.47 Å². The molecule has 0 bridgehead atoms. The van der Waals surface area contributed by atoms with Gasteiger partial charge in [0.1, 0.15) is 0 Å². The van der Waals surface area contributed by atoms with Crippen molar-refractivity contribution in [3.63, 3.8) is 0 Å². The van der Waals surface area contributed by atoms with Crippen molar-refractivity contribution in [3.8, 4) is 0 Å². The monoisotopic (exact) mass is 202 g/mol. The Labute approximate surface area is 88.3 Å². The summed E-state index contributed by atoms with van der Waals surface area (Å²) in [4.78, 5) is 0. The van der Waals surface area contributed by atoms with Gasteiger partial charge in [-0.3, -0.25) is 0 Å². The zero-order valence-corrected chi connectivity index (χ0v) is 8.45. The second-order valence-corrected chi connectivity index (χ2v) is 7.16. The number of ether oxygens (including phenoxy) is 2. The zero-order chi connectivity index (χ0) is 9.05. The summed E-state index contributed by atoms with van der Waals surface area (Å²) >= 11 is 0. The van der Waals surface area contributed by atoms with Crippen molar-refractivity contribution >= 4 is 0 Å². The Balaban J connectivity index is 1.34. The molecule has 2 aliphatic heterocycles. The molecular formula is C13H14O2. The molecule has 2 nitrogen and oxygen atoms in total. The Bertz CT molecular complexity index is 383. The van der Waals surface area contributed by atoms with Crippen molar-refractivity contribution in [3.05, 3.63) is 0 Å². The molecule has 2 heterocycles. The maximum atomic E-state index is 5.74.